The van der Waals surface area contributed by atoms with Gasteiger partial charge in [0.2, 0.25) is 0 Å². The predicted octanol–water partition coefficient (Wildman–Crippen LogP) is 3.49. The molecule has 0 aliphatic heterocycles. The molecule has 0 N–H and O–H groups in total. The summed E-state index contributed by atoms with van der Waals surface area (Å²) in [7, 11) is 1.70. The highest BCUT2D eigenvalue weighted by molar-refractivity contribution is 6.05. The highest BCUT2D eigenvalue weighted by Crippen LogP contribution is 2.24. The van der Waals surface area contributed by atoms with Crippen molar-refractivity contribution in [2.24, 2.45) is 7.05 Å². The monoisotopic (exact) mass is 270 g/mol. The number of ketones is 1. The van der Waals surface area contributed by atoms with Crippen LogP contribution in [0.15, 0.2) is 24.3 Å². The van der Waals surface area contributed by atoms with Crippen molar-refractivity contribution in [3.63, 3.8) is 0 Å². The number of hydrogen-bond acceptors (Lipinski definition) is 2. The third-order valence-electron chi connectivity index (χ3n) is 2.89. The van der Waals surface area contributed by atoms with Gasteiger partial charge in [-0.2, -0.15) is 18.3 Å². The number of aromatic nitrogens is 2. The van der Waals surface area contributed by atoms with E-state index in [2.05, 4.69) is 5.10 Å². The fourth-order valence-electron chi connectivity index (χ4n) is 1.99. The number of benzene rings is 1. The molecule has 0 fully saturated rings. The summed E-state index contributed by atoms with van der Waals surface area (Å²) in [5, 5.41) is 4.77. The number of nitrogens with zero attached hydrogens (tertiary/aromatic N) is 2. The summed E-state index contributed by atoms with van der Waals surface area (Å²) in [4.78, 5) is 11.9. The summed E-state index contributed by atoms with van der Waals surface area (Å²) in [6.45, 7) is 0. The van der Waals surface area contributed by atoms with Gasteiger partial charge in [-0.1, -0.05) is 18.2 Å². The molecule has 0 spiro atoms. The van der Waals surface area contributed by atoms with Gasteiger partial charge in [-0.15, -0.1) is 0 Å². The van der Waals surface area contributed by atoms with Gasteiger partial charge in [0.25, 0.3) is 0 Å². The summed E-state index contributed by atoms with van der Waals surface area (Å²) < 4.78 is 37.7. The number of fused-ring (bicyclic) bond motifs is 1. The summed E-state index contributed by atoms with van der Waals surface area (Å²) in [6, 6.07) is 7.16. The summed E-state index contributed by atoms with van der Waals surface area (Å²) in [6.07, 6.45) is -5.50. The second-order valence-electron chi connectivity index (χ2n) is 4.38. The molecule has 2 aromatic rings. The molecule has 0 saturated carbocycles. The Hall–Kier alpha value is -1.85. The van der Waals surface area contributed by atoms with E-state index >= 15 is 0 Å². The van der Waals surface area contributed by atoms with Gasteiger partial charge >= 0.3 is 6.18 Å². The maximum absolute atomic E-state index is 12.0. The van der Waals surface area contributed by atoms with Crippen LogP contribution in [0.4, 0.5) is 13.2 Å². The van der Waals surface area contributed by atoms with Crippen LogP contribution in [0.5, 0.6) is 0 Å². The molecule has 0 saturated heterocycles. The van der Waals surface area contributed by atoms with Gasteiger partial charge in [0.1, 0.15) is 5.69 Å². The van der Waals surface area contributed by atoms with Crippen molar-refractivity contribution in [2.75, 3.05) is 0 Å². The summed E-state index contributed by atoms with van der Waals surface area (Å²) >= 11 is 0. The fraction of sp³-hybridized carbons (Fsp3) is 0.385. The molecule has 0 atom stereocenters. The molecule has 19 heavy (non-hydrogen) atoms. The Morgan fingerprint density at radius 1 is 1.32 bits per heavy atom. The molecule has 6 heteroatoms. The number of carbonyl (C=O) groups excluding carboxylic acids is 1. The van der Waals surface area contributed by atoms with Gasteiger partial charge in [0.15, 0.2) is 5.78 Å². The third-order valence-corrected chi connectivity index (χ3v) is 2.89. The Kier molecular flexibility index (Phi) is 3.59. The highest BCUT2D eigenvalue weighted by Gasteiger charge is 2.27. The number of para-hydroxylation sites is 1. The normalized spacial score (nSPS) is 12.0. The van der Waals surface area contributed by atoms with Crippen LogP contribution in [-0.2, 0) is 7.05 Å². The molecular weight excluding hydrogens is 257 g/mol. The van der Waals surface area contributed by atoms with E-state index in [-0.39, 0.29) is 24.3 Å². The van der Waals surface area contributed by atoms with Crippen molar-refractivity contribution < 1.29 is 18.0 Å². The minimum absolute atomic E-state index is 0.138. The lowest BCUT2D eigenvalue weighted by atomic mass is 10.1. The lowest BCUT2D eigenvalue weighted by Crippen LogP contribution is -2.09. The van der Waals surface area contributed by atoms with Crippen LogP contribution in [0.25, 0.3) is 10.9 Å². The van der Waals surface area contributed by atoms with Gasteiger partial charge in [-0.25, -0.2) is 0 Å². The molecule has 0 bridgehead atoms. The van der Waals surface area contributed by atoms with E-state index in [1.807, 2.05) is 12.1 Å². The molecule has 0 unspecified atom stereocenters. The first-order valence-electron chi connectivity index (χ1n) is 5.90. The number of Topliss-reactive ketones (excluding diaryl/α,β-unsaturated/α-hetero) is 1. The van der Waals surface area contributed by atoms with Crippen molar-refractivity contribution in [2.45, 2.75) is 25.4 Å². The Morgan fingerprint density at radius 2 is 2.00 bits per heavy atom. The smallest absolute Gasteiger partial charge is 0.292 e. The minimum atomic E-state index is -4.22. The molecule has 0 aliphatic rings. The van der Waals surface area contributed by atoms with E-state index in [0.29, 0.717) is 5.39 Å². The van der Waals surface area contributed by atoms with Gasteiger partial charge in [-0.05, 0) is 12.5 Å². The lowest BCUT2D eigenvalue weighted by molar-refractivity contribution is -0.135. The molecule has 102 valence electrons. The van der Waals surface area contributed by atoms with Gasteiger partial charge in [0.05, 0.1) is 5.52 Å². The molecule has 2 rings (SSSR count). The Labute approximate surface area is 108 Å². The number of aryl methyl sites for hydroxylation is 1. The quantitative estimate of drug-likeness (QED) is 0.797. The molecular formula is C13H13F3N2O. The largest absolute Gasteiger partial charge is 0.389 e. The number of rotatable bonds is 4. The van der Waals surface area contributed by atoms with Crippen LogP contribution < -0.4 is 0 Å². The van der Waals surface area contributed by atoms with E-state index < -0.39 is 12.6 Å². The minimum Gasteiger partial charge on any atom is -0.292 e. The van der Waals surface area contributed by atoms with Crippen molar-refractivity contribution in [1.82, 2.24) is 9.78 Å². The topological polar surface area (TPSA) is 34.9 Å². The van der Waals surface area contributed by atoms with Gasteiger partial charge in [0, 0.05) is 25.3 Å². The summed E-state index contributed by atoms with van der Waals surface area (Å²) in [5.74, 6) is -0.346. The van der Waals surface area contributed by atoms with E-state index in [0.717, 1.165) is 5.52 Å². The second-order valence-corrected chi connectivity index (χ2v) is 4.38. The number of halogens is 3. The molecule has 0 aliphatic carbocycles. The molecule has 0 amide bonds. The summed E-state index contributed by atoms with van der Waals surface area (Å²) in [5.41, 5.74) is 1.04. The first-order valence-corrected chi connectivity index (χ1v) is 5.90. The van der Waals surface area contributed by atoms with Crippen molar-refractivity contribution in [3.05, 3.63) is 30.0 Å². The molecule has 3 nitrogen and oxygen atoms in total. The van der Waals surface area contributed by atoms with Crippen molar-refractivity contribution in [1.29, 1.82) is 0 Å². The lowest BCUT2D eigenvalue weighted by Gasteiger charge is -2.04. The molecule has 1 aromatic heterocycles. The van der Waals surface area contributed by atoms with Crippen molar-refractivity contribution in [3.8, 4) is 0 Å². The van der Waals surface area contributed by atoms with Gasteiger partial charge in [-0.3, -0.25) is 9.48 Å². The van der Waals surface area contributed by atoms with Crippen LogP contribution in [-0.4, -0.2) is 21.7 Å². The zero-order chi connectivity index (χ0) is 14.0. The Bertz CT molecular complexity index is 601. The fourth-order valence-corrected chi connectivity index (χ4v) is 1.99. The Balaban J connectivity index is 2.14. The van der Waals surface area contributed by atoms with E-state index in [9.17, 15) is 18.0 Å². The number of carbonyl (C=O) groups is 1. The average Bonchev–Trinajstić information content (AvgIpc) is 2.66. The van der Waals surface area contributed by atoms with Crippen LogP contribution in [0.3, 0.4) is 0 Å². The number of alkyl halides is 3. The van der Waals surface area contributed by atoms with E-state index in [4.69, 9.17) is 0 Å². The zero-order valence-electron chi connectivity index (χ0n) is 10.4. The first kappa shape index (κ1) is 13.6. The van der Waals surface area contributed by atoms with Crippen LogP contribution in [0.1, 0.15) is 29.8 Å². The van der Waals surface area contributed by atoms with E-state index in [1.165, 1.54) is 0 Å². The molecule has 1 aromatic carbocycles. The highest BCUT2D eigenvalue weighted by atomic mass is 19.4. The van der Waals surface area contributed by atoms with Crippen molar-refractivity contribution >= 4 is 16.7 Å². The van der Waals surface area contributed by atoms with Crippen LogP contribution >= 0.6 is 0 Å². The Morgan fingerprint density at radius 3 is 2.68 bits per heavy atom. The molecule has 0 radical (unpaired) electrons. The molecule has 1 heterocycles. The first-order chi connectivity index (χ1) is 8.88. The van der Waals surface area contributed by atoms with E-state index in [1.54, 1.807) is 23.9 Å². The number of hydrogen-bond donors (Lipinski definition) is 0. The second kappa shape index (κ2) is 5.03. The van der Waals surface area contributed by atoms with Gasteiger partial charge < -0.3 is 0 Å². The SMILES string of the molecule is Cn1nc(C(=O)CCCC(F)(F)F)c2ccccc21. The maximum atomic E-state index is 12.0. The van der Waals surface area contributed by atoms with Crippen LogP contribution in [0, 0.1) is 0 Å². The average molecular weight is 270 g/mol. The van der Waals surface area contributed by atoms with Crippen LogP contribution in [0.2, 0.25) is 0 Å². The zero-order valence-corrected chi connectivity index (χ0v) is 10.4. The standard InChI is InChI=1S/C13H13F3N2O/c1-18-10-6-3-2-5-9(10)12(17-18)11(19)7-4-8-13(14,15)16/h2-3,5-6H,4,7-8H2,1H3. The third kappa shape index (κ3) is 3.13. The maximum Gasteiger partial charge on any atom is 0.389 e. The predicted molar refractivity (Wildman–Crippen MR) is 65.0 cm³/mol.